The number of halogens is 2. The molecule has 41 heavy (non-hydrogen) atoms. The molecule has 3 amide bonds. The number of ether oxygens (including phenoxy) is 2. The minimum atomic E-state index is -1.06. The van der Waals surface area contributed by atoms with Crippen LogP contribution in [-0.4, -0.2) is 41.2 Å². The molecule has 9 heteroatoms. The van der Waals surface area contributed by atoms with Crippen LogP contribution in [0.5, 0.6) is 0 Å². The van der Waals surface area contributed by atoms with E-state index in [-0.39, 0.29) is 19.0 Å². The van der Waals surface area contributed by atoms with E-state index in [2.05, 4.69) is 5.32 Å². The number of carbonyl (C=O) groups excluding carboxylic acids is 3. The van der Waals surface area contributed by atoms with Gasteiger partial charge in [-0.3, -0.25) is 4.79 Å². The summed E-state index contributed by atoms with van der Waals surface area (Å²) in [6, 6.07) is 20.4. The van der Waals surface area contributed by atoms with Gasteiger partial charge in [-0.05, 0) is 75.4 Å². The standard InChI is InChI=1S/C32H34ClFN2O5/c1-31(2,3)41-30(39)36-25(16-21-10-12-23(13-11-21)26-17-24(33)14-15-27(26)34)18-32(4,28(36)37)20-35-29(38)40-19-22-8-6-5-7-9-22/h5-15,17,25H,16,18-20H2,1-4H3,(H,35,38)/t25-,32+/m1/s1. The molecule has 1 heterocycles. The van der Waals surface area contributed by atoms with Crippen LogP contribution in [0, 0.1) is 11.2 Å². The number of hydrogen-bond donors (Lipinski definition) is 1. The zero-order valence-electron chi connectivity index (χ0n) is 23.6. The maximum absolute atomic E-state index is 14.4. The van der Waals surface area contributed by atoms with Crippen LogP contribution >= 0.6 is 11.6 Å². The molecule has 1 aliphatic heterocycles. The third kappa shape index (κ3) is 7.64. The summed E-state index contributed by atoms with van der Waals surface area (Å²) in [5, 5.41) is 3.12. The maximum Gasteiger partial charge on any atom is 0.417 e. The number of nitrogens with zero attached hydrogens (tertiary/aromatic N) is 1. The Balaban J connectivity index is 1.48. The average molecular weight is 581 g/mol. The van der Waals surface area contributed by atoms with E-state index < -0.39 is 35.2 Å². The number of rotatable bonds is 7. The summed E-state index contributed by atoms with van der Waals surface area (Å²) in [4.78, 5) is 40.4. The fraction of sp³-hybridized carbons (Fsp3) is 0.344. The van der Waals surface area contributed by atoms with Gasteiger partial charge in [0.2, 0.25) is 5.91 Å². The number of alkyl carbamates (subject to hydrolysis) is 1. The lowest BCUT2D eigenvalue weighted by Crippen LogP contribution is -2.46. The van der Waals surface area contributed by atoms with Crippen molar-refractivity contribution in [1.29, 1.82) is 0 Å². The molecule has 0 aromatic heterocycles. The predicted molar refractivity (Wildman–Crippen MR) is 155 cm³/mol. The second-order valence-corrected chi connectivity index (χ2v) is 12.0. The first-order valence-electron chi connectivity index (χ1n) is 13.4. The van der Waals surface area contributed by atoms with Crippen LogP contribution in [0.2, 0.25) is 5.02 Å². The van der Waals surface area contributed by atoms with Crippen LogP contribution < -0.4 is 5.32 Å². The lowest BCUT2D eigenvalue weighted by Gasteiger charge is -2.28. The normalized spacial score (nSPS) is 18.7. The maximum atomic E-state index is 14.4. The second kappa shape index (κ2) is 12.3. The van der Waals surface area contributed by atoms with E-state index in [1.807, 2.05) is 42.5 Å². The Bertz CT molecular complexity index is 1410. The van der Waals surface area contributed by atoms with E-state index >= 15 is 0 Å². The van der Waals surface area contributed by atoms with Crippen molar-refractivity contribution in [3.63, 3.8) is 0 Å². The third-order valence-electron chi connectivity index (χ3n) is 6.88. The van der Waals surface area contributed by atoms with Crippen molar-refractivity contribution >= 4 is 29.7 Å². The molecule has 1 saturated heterocycles. The van der Waals surface area contributed by atoms with Crippen LogP contribution in [0.15, 0.2) is 72.8 Å². The number of imide groups is 1. The van der Waals surface area contributed by atoms with Crippen LogP contribution in [0.3, 0.4) is 0 Å². The number of benzene rings is 3. The van der Waals surface area contributed by atoms with Crippen LogP contribution in [0.25, 0.3) is 11.1 Å². The van der Waals surface area contributed by atoms with Gasteiger partial charge in [-0.15, -0.1) is 0 Å². The van der Waals surface area contributed by atoms with Gasteiger partial charge in [-0.1, -0.05) is 66.2 Å². The summed E-state index contributed by atoms with van der Waals surface area (Å²) < 4.78 is 25.2. The number of nitrogens with one attached hydrogen (secondary N) is 1. The molecular weight excluding hydrogens is 547 g/mol. The van der Waals surface area contributed by atoms with Gasteiger partial charge >= 0.3 is 12.2 Å². The molecule has 0 bridgehead atoms. The molecule has 3 aromatic rings. The number of carbonyl (C=O) groups is 3. The van der Waals surface area contributed by atoms with E-state index in [4.69, 9.17) is 21.1 Å². The smallest absolute Gasteiger partial charge is 0.417 e. The highest BCUT2D eigenvalue weighted by Gasteiger charge is 2.52. The molecule has 4 rings (SSSR count). The van der Waals surface area contributed by atoms with Crippen molar-refractivity contribution in [3.05, 3.63) is 94.8 Å². The van der Waals surface area contributed by atoms with Crippen LogP contribution in [0.4, 0.5) is 14.0 Å². The highest BCUT2D eigenvalue weighted by atomic mass is 35.5. The SMILES string of the molecule is CC(C)(C)OC(=O)N1C(=O)[C@](C)(CNC(=O)OCc2ccccc2)C[C@H]1Cc1ccc(-c2cc(Cl)ccc2F)cc1. The molecule has 216 valence electrons. The van der Waals surface area contributed by atoms with Gasteiger partial charge in [0.25, 0.3) is 0 Å². The van der Waals surface area contributed by atoms with Gasteiger partial charge in [-0.25, -0.2) is 18.9 Å². The Morgan fingerprint density at radius 3 is 2.39 bits per heavy atom. The summed E-state index contributed by atoms with van der Waals surface area (Å²) >= 11 is 6.05. The van der Waals surface area contributed by atoms with E-state index in [1.165, 1.54) is 12.1 Å². The molecule has 0 aliphatic carbocycles. The van der Waals surface area contributed by atoms with E-state index in [0.29, 0.717) is 29.0 Å². The monoisotopic (exact) mass is 580 g/mol. The zero-order valence-corrected chi connectivity index (χ0v) is 24.3. The van der Waals surface area contributed by atoms with Crippen LogP contribution in [-0.2, 0) is 27.3 Å². The van der Waals surface area contributed by atoms with Crippen molar-refractivity contribution in [1.82, 2.24) is 10.2 Å². The van der Waals surface area contributed by atoms with Gasteiger partial charge in [0.05, 0.1) is 5.41 Å². The predicted octanol–water partition coefficient (Wildman–Crippen LogP) is 7.16. The van der Waals surface area contributed by atoms with Gasteiger partial charge < -0.3 is 14.8 Å². The molecule has 0 unspecified atom stereocenters. The van der Waals surface area contributed by atoms with Crippen molar-refractivity contribution in [2.24, 2.45) is 5.41 Å². The number of amides is 3. The van der Waals surface area contributed by atoms with E-state index in [1.54, 1.807) is 45.9 Å². The first-order chi connectivity index (χ1) is 19.3. The molecule has 0 radical (unpaired) electrons. The first kappa shape index (κ1) is 30.1. The molecule has 2 atom stereocenters. The fourth-order valence-corrected chi connectivity index (χ4v) is 5.03. The second-order valence-electron chi connectivity index (χ2n) is 11.5. The lowest BCUT2D eigenvalue weighted by molar-refractivity contribution is -0.135. The number of likely N-dealkylation sites (tertiary alicyclic amines) is 1. The Labute approximate surface area is 244 Å². The Morgan fingerprint density at radius 2 is 1.73 bits per heavy atom. The molecule has 1 fully saturated rings. The van der Waals surface area contributed by atoms with Crippen molar-refractivity contribution < 1.29 is 28.2 Å². The molecule has 0 saturated carbocycles. The molecule has 1 N–H and O–H groups in total. The Hall–Kier alpha value is -3.91. The molecule has 1 aliphatic rings. The van der Waals surface area contributed by atoms with Gasteiger partial charge in [0.15, 0.2) is 0 Å². The Kier molecular flexibility index (Phi) is 9.02. The highest BCUT2D eigenvalue weighted by molar-refractivity contribution is 6.30. The van der Waals surface area contributed by atoms with Gasteiger partial charge in [0.1, 0.15) is 18.0 Å². The van der Waals surface area contributed by atoms with Crippen molar-refractivity contribution in [3.8, 4) is 11.1 Å². The topological polar surface area (TPSA) is 84.9 Å². The lowest BCUT2D eigenvalue weighted by atomic mass is 9.85. The summed E-state index contributed by atoms with van der Waals surface area (Å²) in [5.41, 5.74) is 0.866. The Morgan fingerprint density at radius 1 is 1.05 bits per heavy atom. The number of hydrogen-bond acceptors (Lipinski definition) is 5. The minimum absolute atomic E-state index is 0.0117. The first-order valence-corrected chi connectivity index (χ1v) is 13.8. The third-order valence-corrected chi connectivity index (χ3v) is 7.11. The van der Waals surface area contributed by atoms with Crippen molar-refractivity contribution in [2.45, 2.75) is 58.8 Å². The summed E-state index contributed by atoms with van der Waals surface area (Å²) in [6.07, 6.45) is -0.731. The van der Waals surface area contributed by atoms with Gasteiger partial charge in [0, 0.05) is 23.2 Å². The van der Waals surface area contributed by atoms with Crippen LogP contribution in [0.1, 0.15) is 45.2 Å². The molecular formula is C32H34ClFN2O5. The highest BCUT2D eigenvalue weighted by Crippen LogP contribution is 2.38. The van der Waals surface area contributed by atoms with E-state index in [9.17, 15) is 18.8 Å². The summed E-state index contributed by atoms with van der Waals surface area (Å²) in [5.74, 6) is -0.817. The van der Waals surface area contributed by atoms with Gasteiger partial charge in [-0.2, -0.15) is 0 Å². The largest absolute Gasteiger partial charge is 0.445 e. The average Bonchev–Trinajstić information content (AvgIpc) is 3.17. The minimum Gasteiger partial charge on any atom is -0.445 e. The quantitative estimate of drug-likeness (QED) is 0.320. The molecule has 3 aromatic carbocycles. The molecule has 7 nitrogen and oxygen atoms in total. The van der Waals surface area contributed by atoms with Crippen molar-refractivity contribution in [2.75, 3.05) is 6.54 Å². The zero-order chi connectivity index (χ0) is 29.8. The molecule has 0 spiro atoms. The summed E-state index contributed by atoms with van der Waals surface area (Å²) in [7, 11) is 0. The van der Waals surface area contributed by atoms with E-state index in [0.717, 1.165) is 16.0 Å². The fourth-order valence-electron chi connectivity index (χ4n) is 4.86. The summed E-state index contributed by atoms with van der Waals surface area (Å²) in [6.45, 7) is 7.00.